The Morgan fingerprint density at radius 3 is 2.68 bits per heavy atom. The molecule has 0 saturated heterocycles. The van der Waals surface area contributed by atoms with E-state index in [4.69, 9.17) is 28.0 Å². The van der Waals surface area contributed by atoms with Crippen LogP contribution >= 0.6 is 23.2 Å². The molecule has 5 nitrogen and oxygen atoms in total. The van der Waals surface area contributed by atoms with Crippen LogP contribution in [0.3, 0.4) is 0 Å². The van der Waals surface area contributed by atoms with Gasteiger partial charge in [0.15, 0.2) is 0 Å². The first-order valence-electron chi connectivity index (χ1n) is 5.40. The summed E-state index contributed by atoms with van der Waals surface area (Å²) in [5.74, 6) is -0.494. The van der Waals surface area contributed by atoms with Crippen LogP contribution < -0.4 is 0 Å². The van der Waals surface area contributed by atoms with Crippen LogP contribution in [0.25, 0.3) is 0 Å². The lowest BCUT2D eigenvalue weighted by Crippen LogP contribution is -2.24. The second-order valence-corrected chi connectivity index (χ2v) is 5.70. The molecule has 0 amide bonds. The Morgan fingerprint density at radius 2 is 2.21 bits per heavy atom. The number of carbonyl (C=O) groups is 1. The molecule has 0 radical (unpaired) electrons. The van der Waals surface area contributed by atoms with Crippen molar-refractivity contribution in [2.24, 2.45) is 11.1 Å². The Kier molecular flexibility index (Phi) is 4.13. The van der Waals surface area contributed by atoms with E-state index in [1.807, 2.05) is 0 Å². The van der Waals surface area contributed by atoms with Crippen LogP contribution in [0.15, 0.2) is 27.4 Å². The molecule has 8 heteroatoms. The molecule has 1 aliphatic carbocycles. The third-order valence-corrected chi connectivity index (χ3v) is 4.41. The molecule has 1 atom stereocenters. The van der Waals surface area contributed by atoms with Crippen LogP contribution in [0.5, 0.6) is 0 Å². The van der Waals surface area contributed by atoms with Crippen molar-refractivity contribution in [3.63, 3.8) is 0 Å². The minimum absolute atomic E-state index is 0.0368. The first-order valence-corrected chi connectivity index (χ1v) is 7.23. The Morgan fingerprint density at radius 1 is 1.53 bits per heavy atom. The molecule has 1 heterocycles. The van der Waals surface area contributed by atoms with E-state index in [-0.39, 0.29) is 15.5 Å². The molecule has 0 saturated carbocycles. The highest BCUT2D eigenvalue weighted by Crippen LogP contribution is 2.34. The van der Waals surface area contributed by atoms with Gasteiger partial charge in [-0.2, -0.15) is 8.42 Å². The van der Waals surface area contributed by atoms with Gasteiger partial charge in [0.1, 0.15) is 6.61 Å². The summed E-state index contributed by atoms with van der Waals surface area (Å²) in [6.45, 7) is 2.08. The molecule has 19 heavy (non-hydrogen) atoms. The molecule has 102 valence electrons. The summed E-state index contributed by atoms with van der Waals surface area (Å²) >= 11 is 11.6. The molecule has 0 spiro atoms. The predicted octanol–water partition coefficient (Wildman–Crippen LogP) is 1.65. The lowest BCUT2D eigenvalue weighted by atomic mass is 9.86. The molecule has 2 rings (SSSR count). The molecule has 0 fully saturated rings. The number of carbonyl (C=O) groups excluding carboxylic acids is 1. The molecule has 1 unspecified atom stereocenters. The van der Waals surface area contributed by atoms with Gasteiger partial charge in [0.25, 0.3) is 5.24 Å². The fourth-order valence-corrected chi connectivity index (χ4v) is 3.25. The van der Waals surface area contributed by atoms with Crippen molar-refractivity contribution >= 4 is 49.3 Å². The van der Waals surface area contributed by atoms with Crippen molar-refractivity contribution in [2.45, 2.75) is 13.3 Å². The smallest absolute Gasteiger partial charge is 0.253 e. The Labute approximate surface area is 121 Å². The monoisotopic (exact) mass is 321 g/mol. The van der Waals surface area contributed by atoms with Gasteiger partial charge in [-0.05, 0) is 17.7 Å². The van der Waals surface area contributed by atoms with E-state index in [1.165, 1.54) is 6.08 Å². The van der Waals surface area contributed by atoms with Crippen molar-refractivity contribution < 1.29 is 18.0 Å². The van der Waals surface area contributed by atoms with Crippen molar-refractivity contribution in [2.75, 3.05) is 6.61 Å². The van der Waals surface area contributed by atoms with E-state index < -0.39 is 21.5 Å². The van der Waals surface area contributed by atoms with Crippen molar-refractivity contribution in [1.29, 1.82) is 0 Å². The van der Waals surface area contributed by atoms with Crippen LogP contribution in [0, 0.1) is 5.92 Å². The van der Waals surface area contributed by atoms with Gasteiger partial charge < -0.3 is 4.84 Å². The third-order valence-electron chi connectivity index (χ3n) is 2.94. The molecule has 0 aromatic heterocycles. The minimum atomic E-state index is -2.46. The average molecular weight is 322 g/mol. The Balaban J connectivity index is 2.67. The molecule has 0 aromatic rings. The first kappa shape index (κ1) is 14.3. The van der Waals surface area contributed by atoms with Crippen LogP contribution in [0.4, 0.5) is 0 Å². The highest BCUT2D eigenvalue weighted by Gasteiger charge is 2.32. The summed E-state index contributed by atoms with van der Waals surface area (Å²) in [6.07, 6.45) is 1.71. The van der Waals surface area contributed by atoms with Crippen molar-refractivity contribution in [3.8, 4) is 0 Å². The number of rotatable bonds is 2. The molecule has 2 aliphatic rings. The van der Waals surface area contributed by atoms with Gasteiger partial charge in [-0.25, -0.2) is 0 Å². The third kappa shape index (κ3) is 2.61. The molecule has 1 aliphatic heterocycles. The number of hydrogen-bond donors (Lipinski definition) is 0. The predicted molar refractivity (Wildman–Crippen MR) is 72.9 cm³/mol. The van der Waals surface area contributed by atoms with Gasteiger partial charge in [-0.15, -0.1) is 0 Å². The number of allylic oxidation sites excluding steroid dienone is 4. The quantitative estimate of drug-likeness (QED) is 0.572. The molecule has 0 aromatic carbocycles. The van der Waals surface area contributed by atoms with E-state index in [9.17, 15) is 13.2 Å². The van der Waals surface area contributed by atoms with Crippen LogP contribution in [-0.4, -0.2) is 30.8 Å². The number of nitrogens with zero attached hydrogens (tertiary/aromatic N) is 1. The maximum atomic E-state index is 11.3. The van der Waals surface area contributed by atoms with Crippen LogP contribution in [0.1, 0.15) is 13.3 Å². The molecular formula is C11H9Cl2NO4S. The van der Waals surface area contributed by atoms with Gasteiger partial charge in [0.2, 0.25) is 10.3 Å². The Bertz CT molecular complexity index is 665. The number of halogens is 2. The number of oxime groups is 1. The molecule has 0 N–H and O–H groups in total. The topological polar surface area (TPSA) is 72.8 Å². The maximum absolute atomic E-state index is 11.3. The lowest BCUT2D eigenvalue weighted by molar-refractivity contribution is -0.108. The second kappa shape index (κ2) is 5.48. The summed E-state index contributed by atoms with van der Waals surface area (Å²) in [5, 5.41) is 3.15. The SMILES string of the molecule is CC1C(C2=NOCC2)=C(Cl)C(C(=O)Cl)=CC1=S(=O)=O. The Hall–Kier alpha value is -1.11. The molecular weight excluding hydrogens is 313 g/mol. The van der Waals surface area contributed by atoms with Gasteiger partial charge >= 0.3 is 0 Å². The summed E-state index contributed by atoms with van der Waals surface area (Å²) in [5.41, 5.74) is 0.985. The van der Waals surface area contributed by atoms with Gasteiger partial charge in [0.05, 0.1) is 21.2 Å². The van der Waals surface area contributed by atoms with Crippen LogP contribution in [0.2, 0.25) is 0 Å². The minimum Gasteiger partial charge on any atom is -0.395 e. The van der Waals surface area contributed by atoms with Gasteiger partial charge in [0, 0.05) is 17.9 Å². The van der Waals surface area contributed by atoms with E-state index in [2.05, 4.69) is 5.16 Å². The summed E-state index contributed by atoms with van der Waals surface area (Å²) < 4.78 is 22.5. The van der Waals surface area contributed by atoms with Crippen molar-refractivity contribution in [3.05, 3.63) is 22.3 Å². The first-order chi connectivity index (χ1) is 8.93. The lowest BCUT2D eigenvalue weighted by Gasteiger charge is -2.21. The van der Waals surface area contributed by atoms with Gasteiger partial charge in [-0.1, -0.05) is 23.7 Å². The fraction of sp³-hybridized carbons (Fsp3) is 0.364. The zero-order chi connectivity index (χ0) is 14.2. The van der Waals surface area contributed by atoms with E-state index >= 15 is 0 Å². The summed E-state index contributed by atoms with van der Waals surface area (Å²) in [7, 11) is -2.46. The van der Waals surface area contributed by atoms with Crippen LogP contribution in [-0.2, 0) is 19.9 Å². The molecule has 0 bridgehead atoms. The van der Waals surface area contributed by atoms with E-state index in [1.54, 1.807) is 6.92 Å². The second-order valence-electron chi connectivity index (χ2n) is 4.04. The summed E-state index contributed by atoms with van der Waals surface area (Å²) in [4.78, 5) is 16.3. The standard InChI is InChI=1S/C11H9Cl2NO4S/c1-5-8(19(16)17)4-6(11(13)15)10(12)9(5)7-2-3-18-14-7/h4-5H,2-3H2,1H3. The normalized spacial score (nSPS) is 22.9. The number of hydrogen-bond acceptors (Lipinski definition) is 5. The average Bonchev–Trinajstić information content (AvgIpc) is 2.81. The summed E-state index contributed by atoms with van der Waals surface area (Å²) in [6, 6.07) is 0. The van der Waals surface area contributed by atoms with Crippen molar-refractivity contribution in [1.82, 2.24) is 0 Å². The van der Waals surface area contributed by atoms with E-state index in [0.717, 1.165) is 0 Å². The maximum Gasteiger partial charge on any atom is 0.253 e. The largest absolute Gasteiger partial charge is 0.395 e. The van der Waals surface area contributed by atoms with Gasteiger partial charge in [-0.3, -0.25) is 4.79 Å². The highest BCUT2D eigenvalue weighted by atomic mass is 35.5. The zero-order valence-corrected chi connectivity index (χ0v) is 12.1. The van der Waals surface area contributed by atoms with E-state index in [0.29, 0.717) is 24.3 Å². The fourth-order valence-electron chi connectivity index (χ4n) is 2.02. The zero-order valence-electron chi connectivity index (χ0n) is 9.81. The highest BCUT2D eigenvalue weighted by molar-refractivity contribution is 7.73.